The molecule has 0 bridgehead atoms. The van der Waals surface area contributed by atoms with Crippen molar-refractivity contribution in [2.24, 2.45) is 5.73 Å². The van der Waals surface area contributed by atoms with Gasteiger partial charge in [-0.05, 0) is 6.26 Å². The fourth-order valence-corrected chi connectivity index (χ4v) is 1.29. The molecule has 0 aromatic carbocycles. The number of amides is 1. The monoisotopic (exact) mass is 251 g/mol. The summed E-state index contributed by atoms with van der Waals surface area (Å²) in [5, 5.41) is 9.29. The third-order valence-corrected chi connectivity index (χ3v) is 2.20. The summed E-state index contributed by atoms with van der Waals surface area (Å²) < 4.78 is 0. The van der Waals surface area contributed by atoms with E-state index in [4.69, 9.17) is 10.8 Å². The summed E-state index contributed by atoms with van der Waals surface area (Å²) >= 11 is 1.23. The van der Waals surface area contributed by atoms with Gasteiger partial charge in [-0.15, -0.1) is 0 Å². The number of aromatic nitrogens is 2. The van der Waals surface area contributed by atoms with Crippen LogP contribution in [0.3, 0.4) is 0 Å². The molecule has 7 heteroatoms. The second kappa shape index (κ2) is 5.86. The van der Waals surface area contributed by atoms with Crippen molar-refractivity contribution < 1.29 is 14.7 Å². The van der Waals surface area contributed by atoms with Crippen LogP contribution >= 0.6 is 11.8 Å². The van der Waals surface area contributed by atoms with E-state index in [1.807, 2.05) is 0 Å². The number of nitrogens with zero attached hydrogens (tertiary/aromatic N) is 2. The first-order chi connectivity index (χ1) is 8.04. The second-order valence-corrected chi connectivity index (χ2v) is 3.64. The lowest BCUT2D eigenvalue weighted by Crippen LogP contribution is -2.09. The smallest absolute Gasteiger partial charge is 0.355 e. The van der Waals surface area contributed by atoms with Crippen LogP contribution in [-0.2, 0) is 4.79 Å². The number of thioether (sulfide) groups is 1. The third-order valence-electron chi connectivity index (χ3n) is 1.64. The van der Waals surface area contributed by atoms with E-state index in [0.29, 0.717) is 5.16 Å². The normalized spacial score (nSPS) is 9.24. The highest BCUT2D eigenvalue weighted by molar-refractivity contribution is 7.98. The van der Waals surface area contributed by atoms with Gasteiger partial charge in [0.2, 0.25) is 5.91 Å². The molecule has 1 aromatic heterocycles. The van der Waals surface area contributed by atoms with Crippen molar-refractivity contribution >= 4 is 23.6 Å². The van der Waals surface area contributed by atoms with Crippen molar-refractivity contribution in [3.05, 3.63) is 17.5 Å². The number of aromatic carboxylic acids is 1. The molecule has 0 saturated heterocycles. The molecule has 3 N–H and O–H groups in total. The Balaban J connectivity index is 3.09. The van der Waals surface area contributed by atoms with Crippen molar-refractivity contribution in [2.45, 2.75) is 11.6 Å². The number of rotatable bonds is 3. The first-order valence-corrected chi connectivity index (χ1v) is 5.68. The second-order valence-electron chi connectivity index (χ2n) is 2.87. The van der Waals surface area contributed by atoms with Gasteiger partial charge in [0, 0.05) is 6.20 Å². The average molecular weight is 251 g/mol. The molecule has 1 heterocycles. The summed E-state index contributed by atoms with van der Waals surface area (Å²) in [6.45, 7) is 0. The minimum atomic E-state index is -1.19. The molecule has 0 atom stereocenters. The van der Waals surface area contributed by atoms with Gasteiger partial charge >= 0.3 is 5.97 Å². The van der Waals surface area contributed by atoms with E-state index in [0.717, 1.165) is 0 Å². The summed E-state index contributed by atoms with van der Waals surface area (Å²) in [6, 6.07) is 0. The lowest BCUT2D eigenvalue weighted by atomic mass is 10.2. The number of hydrogen-bond acceptors (Lipinski definition) is 5. The van der Waals surface area contributed by atoms with Gasteiger partial charge in [-0.25, -0.2) is 14.8 Å². The van der Waals surface area contributed by atoms with E-state index in [2.05, 4.69) is 21.8 Å². The molecule has 6 nitrogen and oxygen atoms in total. The molecule has 0 aliphatic rings. The minimum Gasteiger partial charge on any atom is -0.476 e. The molecule has 1 rings (SSSR count). The molecule has 17 heavy (non-hydrogen) atoms. The van der Waals surface area contributed by atoms with Crippen molar-refractivity contribution in [3.63, 3.8) is 0 Å². The van der Waals surface area contributed by atoms with E-state index in [-0.39, 0.29) is 17.7 Å². The molecular formula is C10H9N3O3S. The zero-order valence-electron chi connectivity index (χ0n) is 8.93. The van der Waals surface area contributed by atoms with Crippen molar-refractivity contribution in [2.75, 3.05) is 6.26 Å². The quantitative estimate of drug-likeness (QED) is 0.449. The van der Waals surface area contributed by atoms with Crippen LogP contribution in [-0.4, -0.2) is 33.2 Å². The van der Waals surface area contributed by atoms with Gasteiger partial charge in [0.25, 0.3) is 0 Å². The standard InChI is InChI=1S/C10H9N3O3S/c1-17-10-12-5-6(3-2-4-7(11)14)8(13-10)9(15)16/h5H,4H2,1H3,(H2,11,14)(H,15,16). The van der Waals surface area contributed by atoms with Crippen LogP contribution in [0.25, 0.3) is 0 Å². The van der Waals surface area contributed by atoms with Gasteiger partial charge in [-0.1, -0.05) is 23.6 Å². The zero-order chi connectivity index (χ0) is 12.8. The van der Waals surface area contributed by atoms with Gasteiger partial charge in [0.15, 0.2) is 10.9 Å². The summed E-state index contributed by atoms with van der Waals surface area (Å²) in [5.41, 5.74) is 4.89. The van der Waals surface area contributed by atoms with Gasteiger partial charge in [-0.2, -0.15) is 0 Å². The van der Waals surface area contributed by atoms with Crippen molar-refractivity contribution in [1.82, 2.24) is 9.97 Å². The molecule has 0 aliphatic carbocycles. The molecule has 0 radical (unpaired) electrons. The number of hydrogen-bond donors (Lipinski definition) is 2. The Morgan fingerprint density at radius 3 is 2.82 bits per heavy atom. The summed E-state index contributed by atoms with van der Waals surface area (Å²) in [5.74, 6) is 3.21. The Hall–Kier alpha value is -2.07. The number of primary amides is 1. The van der Waals surface area contributed by atoms with Crippen LogP contribution < -0.4 is 5.73 Å². The van der Waals surface area contributed by atoms with Crippen LogP contribution in [0.4, 0.5) is 0 Å². The SMILES string of the molecule is CSc1ncc(C#CCC(N)=O)c(C(=O)O)n1. The lowest BCUT2D eigenvalue weighted by Gasteiger charge is -1.99. The summed E-state index contributed by atoms with van der Waals surface area (Å²) in [6.07, 6.45) is 2.92. The lowest BCUT2D eigenvalue weighted by molar-refractivity contribution is -0.117. The molecule has 1 amide bonds. The predicted molar refractivity (Wildman–Crippen MR) is 61.5 cm³/mol. The number of nitrogens with two attached hydrogens (primary N) is 1. The maximum Gasteiger partial charge on any atom is 0.355 e. The number of carboxylic acid groups (broad SMARTS) is 1. The Labute approximate surface area is 102 Å². The molecule has 0 saturated carbocycles. The van der Waals surface area contributed by atoms with Crippen LogP contribution in [0.2, 0.25) is 0 Å². The highest BCUT2D eigenvalue weighted by Crippen LogP contribution is 2.11. The molecule has 0 aliphatic heterocycles. The van der Waals surface area contributed by atoms with E-state index in [9.17, 15) is 9.59 Å². The minimum absolute atomic E-state index is 0.136. The number of carbonyl (C=O) groups is 2. The summed E-state index contributed by atoms with van der Waals surface area (Å²) in [7, 11) is 0. The first-order valence-electron chi connectivity index (χ1n) is 4.46. The van der Waals surface area contributed by atoms with Crippen LogP contribution in [0.5, 0.6) is 0 Å². The van der Waals surface area contributed by atoms with Crippen LogP contribution in [0.15, 0.2) is 11.4 Å². The van der Waals surface area contributed by atoms with Gasteiger partial charge in [-0.3, -0.25) is 4.79 Å². The molecule has 0 spiro atoms. The predicted octanol–water partition coefficient (Wildman–Crippen LogP) is 0.124. The fourth-order valence-electron chi connectivity index (χ4n) is 0.945. The molecule has 1 aromatic rings. The zero-order valence-corrected chi connectivity index (χ0v) is 9.74. The van der Waals surface area contributed by atoms with Gasteiger partial charge < -0.3 is 10.8 Å². The van der Waals surface area contributed by atoms with Crippen LogP contribution in [0.1, 0.15) is 22.5 Å². The van der Waals surface area contributed by atoms with E-state index in [1.165, 1.54) is 18.0 Å². The van der Waals surface area contributed by atoms with Crippen molar-refractivity contribution in [1.29, 1.82) is 0 Å². The highest BCUT2D eigenvalue weighted by atomic mass is 32.2. The topological polar surface area (TPSA) is 106 Å². The molecule has 88 valence electrons. The molecule has 0 unspecified atom stereocenters. The highest BCUT2D eigenvalue weighted by Gasteiger charge is 2.12. The molecule has 0 fully saturated rings. The Morgan fingerprint density at radius 2 is 2.29 bits per heavy atom. The fraction of sp³-hybridized carbons (Fsp3) is 0.200. The third kappa shape index (κ3) is 3.77. The first kappa shape index (κ1) is 13.0. The number of carbonyl (C=O) groups excluding carboxylic acids is 1. The number of carboxylic acids is 1. The Kier molecular flexibility index (Phi) is 4.48. The largest absolute Gasteiger partial charge is 0.476 e. The van der Waals surface area contributed by atoms with E-state index in [1.54, 1.807) is 6.26 Å². The molecular weight excluding hydrogens is 242 g/mol. The van der Waals surface area contributed by atoms with E-state index < -0.39 is 11.9 Å². The van der Waals surface area contributed by atoms with Gasteiger partial charge in [0.1, 0.15) is 0 Å². The average Bonchev–Trinajstić information content (AvgIpc) is 2.28. The maximum absolute atomic E-state index is 10.9. The maximum atomic E-state index is 10.9. The van der Waals surface area contributed by atoms with Crippen LogP contribution in [0, 0.1) is 11.8 Å². The summed E-state index contributed by atoms with van der Waals surface area (Å²) in [4.78, 5) is 29.1. The van der Waals surface area contributed by atoms with Crippen molar-refractivity contribution in [3.8, 4) is 11.8 Å². The van der Waals surface area contributed by atoms with E-state index >= 15 is 0 Å². The van der Waals surface area contributed by atoms with Gasteiger partial charge in [0.05, 0.1) is 12.0 Å². The Morgan fingerprint density at radius 1 is 1.59 bits per heavy atom. The Bertz CT molecular complexity index is 519.